The van der Waals surface area contributed by atoms with Crippen LogP contribution in [0.2, 0.25) is 0 Å². The molecule has 4 aromatic rings. The summed E-state index contributed by atoms with van der Waals surface area (Å²) in [4.78, 5) is 25.8. The highest BCUT2D eigenvalue weighted by molar-refractivity contribution is 5.83. The number of furan rings is 1. The van der Waals surface area contributed by atoms with Gasteiger partial charge in [0.05, 0.1) is 26.0 Å². The first-order valence-electron chi connectivity index (χ1n) is 9.52. The van der Waals surface area contributed by atoms with Crippen molar-refractivity contribution in [3.05, 3.63) is 58.8 Å². The zero-order valence-corrected chi connectivity index (χ0v) is 16.9. The highest BCUT2D eigenvalue weighted by Crippen LogP contribution is 2.27. The fourth-order valence-corrected chi connectivity index (χ4v) is 3.50. The van der Waals surface area contributed by atoms with Crippen molar-refractivity contribution in [2.45, 2.75) is 25.9 Å². The number of methoxy groups -OCH3 is 2. The molecule has 3 heterocycles. The van der Waals surface area contributed by atoms with Gasteiger partial charge in [-0.05, 0) is 24.1 Å². The molecule has 30 heavy (non-hydrogen) atoms. The number of ether oxygens (including phenoxy) is 2. The van der Waals surface area contributed by atoms with Gasteiger partial charge < -0.3 is 19.2 Å². The summed E-state index contributed by atoms with van der Waals surface area (Å²) in [6, 6.07) is 8.11. The van der Waals surface area contributed by atoms with Crippen LogP contribution in [0.3, 0.4) is 0 Å². The van der Waals surface area contributed by atoms with Gasteiger partial charge in [-0.3, -0.25) is 14.0 Å². The molecule has 0 unspecified atom stereocenters. The minimum atomic E-state index is -0.733. The molecule has 0 aliphatic carbocycles. The Kier molecular flexibility index (Phi) is 5.18. The highest BCUT2D eigenvalue weighted by Gasteiger charge is 2.22. The van der Waals surface area contributed by atoms with Crippen molar-refractivity contribution in [1.29, 1.82) is 0 Å². The average molecular weight is 410 g/mol. The number of hydrogen-bond donors (Lipinski definition) is 1. The minimum absolute atomic E-state index is 0.282. The second-order valence-corrected chi connectivity index (χ2v) is 6.78. The van der Waals surface area contributed by atoms with E-state index in [1.165, 1.54) is 11.0 Å². The van der Waals surface area contributed by atoms with Gasteiger partial charge in [0.2, 0.25) is 5.91 Å². The van der Waals surface area contributed by atoms with E-state index in [2.05, 4.69) is 10.4 Å². The molecular formula is C21H22N4O5. The summed E-state index contributed by atoms with van der Waals surface area (Å²) in [6.45, 7) is 2.12. The third-order valence-electron chi connectivity index (χ3n) is 5.08. The van der Waals surface area contributed by atoms with Crippen LogP contribution < -0.4 is 20.3 Å². The molecule has 9 nitrogen and oxygen atoms in total. The van der Waals surface area contributed by atoms with Gasteiger partial charge >= 0.3 is 0 Å². The van der Waals surface area contributed by atoms with E-state index in [1.54, 1.807) is 49.1 Å². The molecule has 0 radical (unpaired) electrons. The zero-order chi connectivity index (χ0) is 21.3. The van der Waals surface area contributed by atoms with Crippen LogP contribution in [-0.2, 0) is 11.3 Å². The maximum absolute atomic E-state index is 13.0. The van der Waals surface area contributed by atoms with Crippen molar-refractivity contribution < 1.29 is 18.7 Å². The SMILES string of the molecule is CC[C@@H](C(=O)NCc1ccc(OC)c(OC)c1)n1ncn2c(cc3occc32)c1=O. The monoisotopic (exact) mass is 410 g/mol. The Morgan fingerprint density at radius 1 is 1.17 bits per heavy atom. The van der Waals surface area contributed by atoms with E-state index in [-0.39, 0.29) is 18.0 Å². The van der Waals surface area contributed by atoms with Gasteiger partial charge in [-0.1, -0.05) is 13.0 Å². The van der Waals surface area contributed by atoms with Crippen molar-refractivity contribution in [3.63, 3.8) is 0 Å². The lowest BCUT2D eigenvalue weighted by Gasteiger charge is -2.17. The number of benzene rings is 1. The Morgan fingerprint density at radius 2 is 1.97 bits per heavy atom. The van der Waals surface area contributed by atoms with E-state index in [1.807, 2.05) is 13.0 Å². The van der Waals surface area contributed by atoms with Gasteiger partial charge in [0.25, 0.3) is 5.56 Å². The number of carbonyl (C=O) groups is 1. The molecule has 0 bridgehead atoms. The Bertz CT molecular complexity index is 1270. The summed E-state index contributed by atoms with van der Waals surface area (Å²) >= 11 is 0. The van der Waals surface area contributed by atoms with E-state index in [0.717, 1.165) is 11.1 Å². The zero-order valence-electron chi connectivity index (χ0n) is 16.9. The number of carbonyl (C=O) groups excluding carboxylic acids is 1. The van der Waals surface area contributed by atoms with E-state index in [0.29, 0.717) is 29.0 Å². The summed E-state index contributed by atoms with van der Waals surface area (Å²) in [5.41, 5.74) is 2.26. The number of nitrogens with zero attached hydrogens (tertiary/aromatic N) is 3. The van der Waals surface area contributed by atoms with E-state index < -0.39 is 6.04 Å². The van der Waals surface area contributed by atoms with Crippen LogP contribution in [0.15, 0.2) is 52.1 Å². The van der Waals surface area contributed by atoms with Crippen molar-refractivity contribution in [2.24, 2.45) is 0 Å². The third kappa shape index (κ3) is 3.28. The van der Waals surface area contributed by atoms with Crippen molar-refractivity contribution in [3.8, 4) is 11.5 Å². The topological polar surface area (TPSA) is 100 Å². The largest absolute Gasteiger partial charge is 0.493 e. The third-order valence-corrected chi connectivity index (χ3v) is 5.08. The molecule has 0 saturated carbocycles. The van der Waals surface area contributed by atoms with Gasteiger partial charge in [-0.2, -0.15) is 5.10 Å². The van der Waals surface area contributed by atoms with Crippen LogP contribution in [0, 0.1) is 0 Å². The molecule has 0 aliphatic rings. The van der Waals surface area contributed by atoms with Gasteiger partial charge in [0.15, 0.2) is 17.1 Å². The van der Waals surface area contributed by atoms with Crippen LogP contribution in [0.5, 0.6) is 11.5 Å². The summed E-state index contributed by atoms with van der Waals surface area (Å²) < 4.78 is 18.8. The lowest BCUT2D eigenvalue weighted by Crippen LogP contribution is -2.38. The Balaban J connectivity index is 1.57. The average Bonchev–Trinajstić information content (AvgIpc) is 3.36. The fraction of sp³-hybridized carbons (Fsp3) is 0.286. The number of hydrogen-bond acceptors (Lipinski definition) is 6. The quantitative estimate of drug-likeness (QED) is 0.503. The molecule has 156 valence electrons. The van der Waals surface area contributed by atoms with Crippen LogP contribution >= 0.6 is 0 Å². The molecule has 0 aliphatic heterocycles. The maximum Gasteiger partial charge on any atom is 0.291 e. The van der Waals surface area contributed by atoms with Gasteiger partial charge in [-0.25, -0.2) is 4.68 Å². The molecular weight excluding hydrogens is 388 g/mol. The normalized spacial score (nSPS) is 12.2. The lowest BCUT2D eigenvalue weighted by molar-refractivity contribution is -0.125. The fourth-order valence-electron chi connectivity index (χ4n) is 3.50. The van der Waals surface area contributed by atoms with Gasteiger partial charge in [0, 0.05) is 18.7 Å². The standard InChI is InChI=1S/C21H22N4O5/c1-4-14(20(26)22-11-13-5-6-17(28-2)19(9-13)29-3)25-21(27)16-10-18-15(7-8-30-18)24(16)12-23-25/h5-10,12,14H,4,11H2,1-3H3,(H,22,26)/t14-/m0/s1. The first-order valence-corrected chi connectivity index (χ1v) is 9.52. The van der Waals surface area contributed by atoms with Crippen LogP contribution in [-0.4, -0.2) is 34.3 Å². The van der Waals surface area contributed by atoms with Crippen molar-refractivity contribution >= 4 is 22.5 Å². The van der Waals surface area contributed by atoms with Crippen molar-refractivity contribution in [1.82, 2.24) is 19.5 Å². The first-order chi connectivity index (χ1) is 14.6. The molecule has 1 amide bonds. The summed E-state index contributed by atoms with van der Waals surface area (Å²) in [6.07, 6.45) is 3.50. The summed E-state index contributed by atoms with van der Waals surface area (Å²) in [7, 11) is 3.12. The first kappa shape index (κ1) is 19.6. The molecule has 9 heteroatoms. The Labute approximate surface area is 171 Å². The predicted molar refractivity (Wildman–Crippen MR) is 110 cm³/mol. The number of rotatable bonds is 7. The molecule has 4 rings (SSSR count). The van der Waals surface area contributed by atoms with Crippen LogP contribution in [0.25, 0.3) is 16.6 Å². The minimum Gasteiger partial charge on any atom is -0.493 e. The van der Waals surface area contributed by atoms with Crippen LogP contribution in [0.4, 0.5) is 0 Å². The maximum atomic E-state index is 13.0. The predicted octanol–water partition coefficient (Wildman–Crippen LogP) is 2.53. The molecule has 1 N–H and O–H groups in total. The second-order valence-electron chi connectivity index (χ2n) is 6.78. The summed E-state index contributed by atoms with van der Waals surface area (Å²) in [5, 5.41) is 7.11. The number of aromatic nitrogens is 3. The lowest BCUT2D eigenvalue weighted by atomic mass is 10.1. The molecule has 0 fully saturated rings. The van der Waals surface area contributed by atoms with E-state index in [9.17, 15) is 9.59 Å². The number of fused-ring (bicyclic) bond motifs is 3. The number of amides is 1. The Morgan fingerprint density at radius 3 is 2.70 bits per heavy atom. The molecule has 1 atom stereocenters. The van der Waals surface area contributed by atoms with Gasteiger partial charge in [-0.15, -0.1) is 0 Å². The molecule has 1 aromatic carbocycles. The van der Waals surface area contributed by atoms with E-state index >= 15 is 0 Å². The Hall–Kier alpha value is -3.75. The highest BCUT2D eigenvalue weighted by atomic mass is 16.5. The molecule has 0 spiro atoms. The number of nitrogens with one attached hydrogen (secondary N) is 1. The van der Waals surface area contributed by atoms with Crippen LogP contribution in [0.1, 0.15) is 24.9 Å². The molecule has 3 aromatic heterocycles. The second kappa shape index (κ2) is 7.94. The van der Waals surface area contributed by atoms with Crippen molar-refractivity contribution in [2.75, 3.05) is 14.2 Å². The molecule has 0 saturated heterocycles. The smallest absolute Gasteiger partial charge is 0.291 e. The summed E-state index contributed by atoms with van der Waals surface area (Å²) in [5.74, 6) is 0.902. The van der Waals surface area contributed by atoms with E-state index in [4.69, 9.17) is 13.9 Å². The van der Waals surface area contributed by atoms with Gasteiger partial charge in [0.1, 0.15) is 17.9 Å².